The lowest BCUT2D eigenvalue weighted by Gasteiger charge is -2.21. The molecular weight excluding hydrogens is 288 g/mol. The third kappa shape index (κ3) is 2.44. The molecule has 21 heavy (non-hydrogen) atoms. The fourth-order valence-electron chi connectivity index (χ4n) is 3.18. The summed E-state index contributed by atoms with van der Waals surface area (Å²) in [5.74, 6) is 1.92. The summed E-state index contributed by atoms with van der Waals surface area (Å²) in [6.07, 6.45) is 5.12. The molecule has 2 aliphatic heterocycles. The number of hydrogen-bond donors (Lipinski definition) is 0. The number of methoxy groups -OCH3 is 3. The second-order valence-corrected chi connectivity index (χ2v) is 7.31. The van der Waals surface area contributed by atoms with Crippen LogP contribution in [0.15, 0.2) is 18.2 Å². The van der Waals surface area contributed by atoms with Crippen LogP contribution in [0.1, 0.15) is 24.8 Å². The lowest BCUT2D eigenvalue weighted by molar-refractivity contribution is 0.324. The van der Waals surface area contributed by atoms with Crippen LogP contribution < -0.4 is 14.2 Å². The second kappa shape index (κ2) is 5.72. The Kier molecular flexibility index (Phi) is 3.93. The molecule has 1 aromatic rings. The summed E-state index contributed by atoms with van der Waals surface area (Å²) in [5.41, 5.74) is 2.31. The first-order valence-electron chi connectivity index (χ1n) is 7.08. The maximum absolute atomic E-state index is 12.1. The van der Waals surface area contributed by atoms with Crippen molar-refractivity contribution in [2.75, 3.05) is 21.3 Å². The zero-order valence-electron chi connectivity index (χ0n) is 12.5. The quantitative estimate of drug-likeness (QED) is 0.858. The highest BCUT2D eigenvalue weighted by Gasteiger charge is 2.36. The van der Waals surface area contributed by atoms with E-state index in [-0.39, 0.29) is 5.25 Å². The van der Waals surface area contributed by atoms with Gasteiger partial charge in [-0.15, -0.1) is 0 Å². The monoisotopic (exact) mass is 308 g/mol. The molecule has 114 valence electrons. The van der Waals surface area contributed by atoms with Crippen molar-refractivity contribution in [1.82, 2.24) is 0 Å². The lowest BCUT2D eigenvalue weighted by atomic mass is 9.99. The standard InChI is InChI=1S/C16H20O4S/c1-18-14-8-11(9-15(19-2)16(14)20-3)10-6-12-4-5-13(7-10)21(12)17/h6,8-9,12-13H,4-5,7H2,1-3H3. The number of benzene rings is 1. The van der Waals surface area contributed by atoms with Crippen LogP contribution in [0, 0.1) is 0 Å². The largest absolute Gasteiger partial charge is 0.493 e. The molecule has 2 bridgehead atoms. The highest BCUT2D eigenvalue weighted by Crippen LogP contribution is 2.44. The zero-order valence-corrected chi connectivity index (χ0v) is 13.4. The smallest absolute Gasteiger partial charge is 0.203 e. The molecule has 0 aliphatic carbocycles. The van der Waals surface area contributed by atoms with Gasteiger partial charge in [-0.3, -0.25) is 4.21 Å². The van der Waals surface area contributed by atoms with E-state index in [1.54, 1.807) is 21.3 Å². The van der Waals surface area contributed by atoms with Crippen LogP contribution in [0.2, 0.25) is 0 Å². The van der Waals surface area contributed by atoms with Gasteiger partial charge in [0.15, 0.2) is 11.5 Å². The Balaban J connectivity index is 2.03. The molecule has 3 atom stereocenters. The van der Waals surface area contributed by atoms with Crippen LogP contribution >= 0.6 is 0 Å². The molecule has 0 radical (unpaired) electrons. The van der Waals surface area contributed by atoms with E-state index >= 15 is 0 Å². The normalized spacial score (nSPS) is 27.2. The molecule has 2 aliphatic rings. The van der Waals surface area contributed by atoms with E-state index in [0.717, 1.165) is 24.8 Å². The number of ether oxygens (including phenoxy) is 3. The second-order valence-electron chi connectivity index (χ2n) is 5.38. The van der Waals surface area contributed by atoms with Crippen molar-refractivity contribution >= 4 is 16.4 Å². The Bertz CT molecular complexity index is 583. The molecule has 5 heteroatoms. The van der Waals surface area contributed by atoms with E-state index in [9.17, 15) is 4.21 Å². The average Bonchev–Trinajstić information content (AvgIpc) is 2.74. The summed E-state index contributed by atoms with van der Waals surface area (Å²) in [7, 11) is 4.14. The molecule has 4 nitrogen and oxygen atoms in total. The van der Waals surface area contributed by atoms with Gasteiger partial charge < -0.3 is 14.2 Å². The summed E-state index contributed by atoms with van der Waals surface area (Å²) in [6, 6.07) is 3.95. The first-order valence-corrected chi connectivity index (χ1v) is 8.36. The van der Waals surface area contributed by atoms with Crippen LogP contribution in [0.3, 0.4) is 0 Å². The summed E-state index contributed by atoms with van der Waals surface area (Å²) in [6.45, 7) is 0. The van der Waals surface area contributed by atoms with Gasteiger partial charge in [0.05, 0.1) is 26.6 Å². The average molecular weight is 308 g/mol. The Morgan fingerprint density at radius 1 is 1.05 bits per heavy atom. The Hall–Kier alpha value is -1.49. The van der Waals surface area contributed by atoms with Crippen molar-refractivity contribution < 1.29 is 18.4 Å². The number of hydrogen-bond acceptors (Lipinski definition) is 4. The van der Waals surface area contributed by atoms with Crippen LogP contribution in [0.4, 0.5) is 0 Å². The predicted molar refractivity (Wildman–Crippen MR) is 83.6 cm³/mol. The molecule has 1 fully saturated rings. The Morgan fingerprint density at radius 3 is 2.24 bits per heavy atom. The van der Waals surface area contributed by atoms with Gasteiger partial charge in [-0.25, -0.2) is 0 Å². The van der Waals surface area contributed by atoms with E-state index in [4.69, 9.17) is 14.2 Å². The SMILES string of the molecule is COc1cc(C2=CC3CCC(C2)S3=O)cc(OC)c1OC. The first kappa shape index (κ1) is 14.4. The molecule has 0 spiro atoms. The van der Waals surface area contributed by atoms with Crippen LogP contribution in [-0.4, -0.2) is 36.0 Å². The Labute approximate surface area is 127 Å². The van der Waals surface area contributed by atoms with Crippen LogP contribution in [0.5, 0.6) is 17.2 Å². The van der Waals surface area contributed by atoms with E-state index < -0.39 is 10.8 Å². The fourth-order valence-corrected chi connectivity index (χ4v) is 5.06. The van der Waals surface area contributed by atoms with Gasteiger partial charge in [0, 0.05) is 16.0 Å². The van der Waals surface area contributed by atoms with Crippen molar-refractivity contribution in [2.24, 2.45) is 0 Å². The number of allylic oxidation sites excluding steroid dienone is 1. The zero-order chi connectivity index (χ0) is 15.0. The van der Waals surface area contributed by atoms with Crippen molar-refractivity contribution in [3.05, 3.63) is 23.8 Å². The molecular formula is C16H20O4S. The summed E-state index contributed by atoms with van der Waals surface area (Å²) >= 11 is 0. The molecule has 0 saturated carbocycles. The minimum absolute atomic E-state index is 0.206. The van der Waals surface area contributed by atoms with E-state index in [1.807, 2.05) is 12.1 Å². The number of fused-ring (bicyclic) bond motifs is 2. The van der Waals surface area contributed by atoms with Gasteiger partial charge in [-0.1, -0.05) is 6.08 Å². The fraction of sp³-hybridized carbons (Fsp3) is 0.500. The van der Waals surface area contributed by atoms with Gasteiger partial charge in [-0.2, -0.15) is 0 Å². The molecule has 1 aromatic carbocycles. The Morgan fingerprint density at radius 2 is 1.71 bits per heavy atom. The molecule has 1 saturated heterocycles. The van der Waals surface area contributed by atoms with Gasteiger partial charge in [0.2, 0.25) is 5.75 Å². The van der Waals surface area contributed by atoms with Crippen molar-refractivity contribution in [3.63, 3.8) is 0 Å². The van der Waals surface area contributed by atoms with E-state index in [2.05, 4.69) is 6.08 Å². The summed E-state index contributed by atoms with van der Waals surface area (Å²) in [5, 5.41) is 0.506. The van der Waals surface area contributed by atoms with E-state index in [1.165, 1.54) is 5.57 Å². The van der Waals surface area contributed by atoms with Gasteiger partial charge >= 0.3 is 0 Å². The molecule has 3 rings (SSSR count). The van der Waals surface area contributed by atoms with Gasteiger partial charge in [0.25, 0.3) is 0 Å². The van der Waals surface area contributed by atoms with Crippen molar-refractivity contribution in [2.45, 2.75) is 29.8 Å². The highest BCUT2D eigenvalue weighted by atomic mass is 32.2. The molecule has 2 heterocycles. The maximum atomic E-state index is 12.1. The topological polar surface area (TPSA) is 44.8 Å². The maximum Gasteiger partial charge on any atom is 0.203 e. The molecule has 0 N–H and O–H groups in total. The molecule has 3 unspecified atom stereocenters. The first-order chi connectivity index (χ1) is 10.2. The van der Waals surface area contributed by atoms with Crippen molar-refractivity contribution in [1.29, 1.82) is 0 Å². The lowest BCUT2D eigenvalue weighted by Crippen LogP contribution is -2.19. The van der Waals surface area contributed by atoms with Crippen molar-refractivity contribution in [3.8, 4) is 17.2 Å². The summed E-state index contributed by atoms with van der Waals surface area (Å²) in [4.78, 5) is 0. The number of rotatable bonds is 4. The summed E-state index contributed by atoms with van der Waals surface area (Å²) < 4.78 is 28.3. The minimum atomic E-state index is -0.697. The van der Waals surface area contributed by atoms with Gasteiger partial charge in [-0.05, 0) is 42.5 Å². The third-order valence-corrected chi connectivity index (χ3v) is 6.30. The van der Waals surface area contributed by atoms with Gasteiger partial charge in [0.1, 0.15) is 0 Å². The molecule has 0 amide bonds. The van der Waals surface area contributed by atoms with E-state index in [0.29, 0.717) is 22.5 Å². The molecule has 0 aromatic heterocycles. The highest BCUT2D eigenvalue weighted by molar-refractivity contribution is 7.86. The predicted octanol–water partition coefficient (Wildman–Crippen LogP) is 2.78. The van der Waals surface area contributed by atoms with Crippen LogP contribution in [-0.2, 0) is 10.8 Å². The third-order valence-electron chi connectivity index (χ3n) is 4.27. The minimum Gasteiger partial charge on any atom is -0.493 e. The van der Waals surface area contributed by atoms with Crippen LogP contribution in [0.25, 0.3) is 5.57 Å².